The van der Waals surface area contributed by atoms with E-state index in [1.807, 2.05) is 0 Å². The number of benzene rings is 1. The minimum absolute atomic E-state index is 0.224. The molecule has 16 heavy (non-hydrogen) atoms. The lowest BCUT2D eigenvalue weighted by Gasteiger charge is -2.11. The molecule has 86 valence electrons. The van der Waals surface area contributed by atoms with Crippen molar-refractivity contribution in [1.82, 2.24) is 5.32 Å². The predicted molar refractivity (Wildman–Crippen MR) is 53.0 cm³/mol. The second-order valence-corrected chi connectivity index (χ2v) is 3.73. The molecule has 1 aliphatic heterocycles. The first-order valence-electron chi connectivity index (χ1n) is 4.96. The van der Waals surface area contributed by atoms with Crippen LogP contribution in [0.4, 0.5) is 14.5 Å². The molecule has 4 nitrogen and oxygen atoms in total. The van der Waals surface area contributed by atoms with E-state index >= 15 is 0 Å². The maximum atomic E-state index is 13.1. The number of nitro groups is 1. The van der Waals surface area contributed by atoms with Gasteiger partial charge >= 0.3 is 0 Å². The lowest BCUT2D eigenvalue weighted by molar-refractivity contribution is -0.386. The number of nitro benzene ring substituents is 1. The first kappa shape index (κ1) is 10.9. The van der Waals surface area contributed by atoms with Gasteiger partial charge in [0.1, 0.15) is 0 Å². The molecule has 1 heterocycles. The highest BCUT2D eigenvalue weighted by Gasteiger charge is 2.26. The van der Waals surface area contributed by atoms with Crippen LogP contribution >= 0.6 is 0 Å². The molecule has 0 aromatic heterocycles. The van der Waals surface area contributed by atoms with Crippen molar-refractivity contribution in [3.63, 3.8) is 0 Å². The van der Waals surface area contributed by atoms with Crippen LogP contribution in [0.1, 0.15) is 24.4 Å². The molecule has 0 radical (unpaired) electrons. The van der Waals surface area contributed by atoms with Gasteiger partial charge in [-0.05, 0) is 25.5 Å². The summed E-state index contributed by atoms with van der Waals surface area (Å²) in [6.45, 7) is 0.737. The van der Waals surface area contributed by atoms with Crippen molar-refractivity contribution in [3.8, 4) is 0 Å². The van der Waals surface area contributed by atoms with Crippen LogP contribution in [-0.4, -0.2) is 11.5 Å². The fourth-order valence-corrected chi connectivity index (χ4v) is 1.94. The molecule has 6 heteroatoms. The number of halogens is 2. The van der Waals surface area contributed by atoms with Crippen LogP contribution in [0.15, 0.2) is 12.1 Å². The number of nitrogens with one attached hydrogen (secondary N) is 1. The van der Waals surface area contributed by atoms with Crippen LogP contribution in [0.5, 0.6) is 0 Å². The lowest BCUT2D eigenvalue weighted by atomic mass is 10.0. The molecular weight excluding hydrogens is 218 g/mol. The Morgan fingerprint density at radius 2 is 2.06 bits per heavy atom. The van der Waals surface area contributed by atoms with Gasteiger partial charge < -0.3 is 5.32 Å². The third kappa shape index (κ3) is 1.88. The highest BCUT2D eigenvalue weighted by Crippen LogP contribution is 2.32. The smallest absolute Gasteiger partial charge is 0.277 e. The average molecular weight is 228 g/mol. The number of rotatable bonds is 2. The molecule has 2 rings (SSSR count). The molecule has 0 aliphatic carbocycles. The SMILES string of the molecule is O=[N+]([O-])c1cc(F)c(F)cc1[C@H]1CCCN1. The van der Waals surface area contributed by atoms with Gasteiger partial charge in [-0.1, -0.05) is 0 Å². The topological polar surface area (TPSA) is 55.2 Å². The van der Waals surface area contributed by atoms with E-state index in [4.69, 9.17) is 0 Å². The van der Waals surface area contributed by atoms with Gasteiger partial charge in [0.05, 0.1) is 11.0 Å². The molecule has 0 spiro atoms. The van der Waals surface area contributed by atoms with Gasteiger partial charge in [0.25, 0.3) is 5.69 Å². The van der Waals surface area contributed by atoms with E-state index in [9.17, 15) is 18.9 Å². The quantitative estimate of drug-likeness (QED) is 0.624. The zero-order valence-electron chi connectivity index (χ0n) is 8.37. The van der Waals surface area contributed by atoms with Gasteiger partial charge in [-0.15, -0.1) is 0 Å². The summed E-state index contributed by atoms with van der Waals surface area (Å²) in [7, 11) is 0. The molecular formula is C10H10F2N2O2. The minimum Gasteiger partial charge on any atom is -0.310 e. The average Bonchev–Trinajstić information content (AvgIpc) is 2.74. The lowest BCUT2D eigenvalue weighted by Crippen LogP contribution is -2.15. The van der Waals surface area contributed by atoms with Crippen molar-refractivity contribution in [2.75, 3.05) is 6.54 Å². The third-order valence-corrected chi connectivity index (χ3v) is 2.70. The maximum Gasteiger partial charge on any atom is 0.277 e. The molecule has 0 amide bonds. The largest absolute Gasteiger partial charge is 0.310 e. The fraction of sp³-hybridized carbons (Fsp3) is 0.400. The molecule has 1 saturated heterocycles. The summed E-state index contributed by atoms with van der Waals surface area (Å²) in [5, 5.41) is 13.8. The van der Waals surface area contributed by atoms with Crippen molar-refractivity contribution < 1.29 is 13.7 Å². The summed E-state index contributed by atoms with van der Waals surface area (Å²) in [6, 6.07) is 1.30. The molecule has 0 unspecified atom stereocenters. The summed E-state index contributed by atoms with van der Waals surface area (Å²) in [4.78, 5) is 10.0. The van der Waals surface area contributed by atoms with E-state index in [0.717, 1.165) is 19.0 Å². The van der Waals surface area contributed by atoms with Crippen molar-refractivity contribution in [3.05, 3.63) is 39.4 Å². The summed E-state index contributed by atoms with van der Waals surface area (Å²) >= 11 is 0. The van der Waals surface area contributed by atoms with Crippen molar-refractivity contribution in [1.29, 1.82) is 0 Å². The second kappa shape index (κ2) is 4.13. The maximum absolute atomic E-state index is 13.1. The van der Waals surface area contributed by atoms with Gasteiger partial charge in [-0.25, -0.2) is 8.78 Å². The van der Waals surface area contributed by atoms with Gasteiger partial charge in [0.2, 0.25) is 0 Å². The molecule has 0 bridgehead atoms. The van der Waals surface area contributed by atoms with Crippen LogP contribution in [0.25, 0.3) is 0 Å². The van der Waals surface area contributed by atoms with Crippen molar-refractivity contribution in [2.24, 2.45) is 0 Å². The standard InChI is InChI=1S/C10H10F2N2O2/c11-7-4-6(9-2-1-3-13-9)10(14(15)16)5-8(7)12/h4-5,9,13H,1-3H2/t9-/m1/s1. The van der Waals surface area contributed by atoms with Crippen LogP contribution < -0.4 is 5.32 Å². The highest BCUT2D eigenvalue weighted by molar-refractivity contribution is 5.43. The Morgan fingerprint density at radius 3 is 2.62 bits per heavy atom. The first-order chi connectivity index (χ1) is 7.59. The van der Waals surface area contributed by atoms with E-state index in [0.29, 0.717) is 12.5 Å². The molecule has 0 saturated carbocycles. The highest BCUT2D eigenvalue weighted by atomic mass is 19.2. The fourth-order valence-electron chi connectivity index (χ4n) is 1.94. The Bertz CT molecular complexity index is 431. The van der Waals surface area contributed by atoms with Gasteiger partial charge in [0, 0.05) is 11.6 Å². The van der Waals surface area contributed by atoms with E-state index in [-0.39, 0.29) is 17.3 Å². The Morgan fingerprint density at radius 1 is 1.38 bits per heavy atom. The van der Waals surface area contributed by atoms with Crippen LogP contribution in [-0.2, 0) is 0 Å². The number of hydrogen-bond acceptors (Lipinski definition) is 3. The van der Waals surface area contributed by atoms with E-state index in [1.165, 1.54) is 0 Å². The van der Waals surface area contributed by atoms with Gasteiger partial charge in [-0.2, -0.15) is 0 Å². The summed E-state index contributed by atoms with van der Waals surface area (Å²) in [5.74, 6) is -2.23. The predicted octanol–water partition coefficient (Wildman–Crippen LogP) is 2.30. The summed E-state index contributed by atoms with van der Waals surface area (Å²) in [5.41, 5.74) is -0.139. The van der Waals surface area contributed by atoms with Crippen molar-refractivity contribution >= 4 is 5.69 Å². The van der Waals surface area contributed by atoms with Gasteiger partial charge in [0.15, 0.2) is 11.6 Å². The zero-order valence-corrected chi connectivity index (χ0v) is 8.37. The molecule has 1 fully saturated rings. The summed E-state index contributed by atoms with van der Waals surface area (Å²) in [6.07, 6.45) is 1.58. The Labute approximate surface area is 90.4 Å². The molecule has 1 aliphatic rings. The first-order valence-corrected chi connectivity index (χ1v) is 4.96. The van der Waals surface area contributed by atoms with Gasteiger partial charge in [-0.3, -0.25) is 10.1 Å². The molecule has 1 aromatic carbocycles. The summed E-state index contributed by atoms with van der Waals surface area (Å²) < 4.78 is 26.0. The van der Waals surface area contributed by atoms with Crippen molar-refractivity contribution in [2.45, 2.75) is 18.9 Å². The van der Waals surface area contributed by atoms with Crippen LogP contribution in [0.2, 0.25) is 0 Å². The number of hydrogen-bond donors (Lipinski definition) is 1. The molecule has 1 N–H and O–H groups in total. The Kier molecular flexibility index (Phi) is 2.82. The minimum atomic E-state index is -1.19. The molecule has 1 atom stereocenters. The number of nitrogens with zero attached hydrogens (tertiary/aromatic N) is 1. The van der Waals surface area contributed by atoms with E-state index in [2.05, 4.69) is 5.32 Å². The third-order valence-electron chi connectivity index (χ3n) is 2.70. The molecule has 1 aromatic rings. The van der Waals surface area contributed by atoms with E-state index < -0.39 is 16.6 Å². The van der Waals surface area contributed by atoms with E-state index in [1.54, 1.807) is 0 Å². The second-order valence-electron chi connectivity index (χ2n) is 3.73. The zero-order chi connectivity index (χ0) is 11.7. The van der Waals surface area contributed by atoms with Crippen LogP contribution in [0, 0.1) is 21.7 Å². The van der Waals surface area contributed by atoms with Crippen LogP contribution in [0.3, 0.4) is 0 Å². The Balaban J connectivity index is 2.48. The monoisotopic (exact) mass is 228 g/mol. The normalized spacial score (nSPS) is 20.0. The Hall–Kier alpha value is -1.56.